The molecule has 2 unspecified atom stereocenters. The van der Waals surface area contributed by atoms with Crippen molar-refractivity contribution in [1.29, 1.82) is 0 Å². The highest BCUT2D eigenvalue weighted by molar-refractivity contribution is 5.30. The maximum Gasteiger partial charge on any atom is 0.239 e. The van der Waals surface area contributed by atoms with Crippen molar-refractivity contribution < 1.29 is 0 Å². The molecule has 1 aliphatic rings. The molecule has 0 saturated carbocycles. The molecule has 0 radical (unpaired) electrons. The third-order valence-corrected chi connectivity index (χ3v) is 3.82. The van der Waals surface area contributed by atoms with Gasteiger partial charge in [0.2, 0.25) is 5.95 Å². The molecule has 94 valence electrons. The van der Waals surface area contributed by atoms with Crippen molar-refractivity contribution in [1.82, 2.24) is 14.8 Å². The number of fused-ring (bicyclic) bond motifs is 1. The molecule has 1 aromatic carbocycles. The third-order valence-electron chi connectivity index (χ3n) is 3.82. The van der Waals surface area contributed by atoms with Crippen LogP contribution in [0.3, 0.4) is 0 Å². The zero-order valence-electron chi connectivity index (χ0n) is 10.8. The lowest BCUT2D eigenvalue weighted by Gasteiger charge is -2.28. The first kappa shape index (κ1) is 11.3. The summed E-state index contributed by atoms with van der Waals surface area (Å²) in [5, 5.41) is 4.29. The van der Waals surface area contributed by atoms with Gasteiger partial charge in [-0.05, 0) is 24.5 Å². The predicted octanol–water partition coefficient (Wildman–Crippen LogP) is 2.46. The SMILES string of the molecule is Cc1ccccc1C1CC(C)c2nc(N)nn2C1. The van der Waals surface area contributed by atoms with Gasteiger partial charge in [0, 0.05) is 18.4 Å². The van der Waals surface area contributed by atoms with Crippen molar-refractivity contribution in [3.05, 3.63) is 41.2 Å². The molecule has 0 spiro atoms. The van der Waals surface area contributed by atoms with Crippen LogP contribution in [-0.2, 0) is 6.54 Å². The van der Waals surface area contributed by atoms with Crippen LogP contribution in [0.2, 0.25) is 0 Å². The highest BCUT2D eigenvalue weighted by Gasteiger charge is 2.28. The Bertz CT molecular complexity index is 573. The molecule has 1 aromatic heterocycles. The van der Waals surface area contributed by atoms with Gasteiger partial charge in [0.1, 0.15) is 5.82 Å². The number of hydrogen-bond acceptors (Lipinski definition) is 3. The van der Waals surface area contributed by atoms with Crippen LogP contribution >= 0.6 is 0 Å². The molecule has 2 atom stereocenters. The minimum atomic E-state index is 0.391. The second-order valence-corrected chi connectivity index (χ2v) is 5.20. The summed E-state index contributed by atoms with van der Waals surface area (Å²) < 4.78 is 1.97. The molecule has 1 aliphatic heterocycles. The molecule has 18 heavy (non-hydrogen) atoms. The van der Waals surface area contributed by atoms with E-state index >= 15 is 0 Å². The molecule has 0 bridgehead atoms. The Morgan fingerprint density at radius 3 is 2.89 bits per heavy atom. The number of nitrogen functional groups attached to an aromatic ring is 1. The summed E-state index contributed by atoms with van der Waals surface area (Å²) in [5.74, 6) is 2.34. The lowest BCUT2D eigenvalue weighted by atomic mass is 9.84. The number of aromatic nitrogens is 3. The van der Waals surface area contributed by atoms with Crippen molar-refractivity contribution in [2.45, 2.75) is 38.6 Å². The summed E-state index contributed by atoms with van der Waals surface area (Å²) in [6, 6.07) is 8.59. The van der Waals surface area contributed by atoms with E-state index < -0.39 is 0 Å². The number of nitrogens with zero attached hydrogens (tertiary/aromatic N) is 3. The molecule has 0 aliphatic carbocycles. The largest absolute Gasteiger partial charge is 0.366 e. The summed E-state index contributed by atoms with van der Waals surface area (Å²) in [7, 11) is 0. The van der Waals surface area contributed by atoms with E-state index in [2.05, 4.69) is 48.2 Å². The van der Waals surface area contributed by atoms with Gasteiger partial charge in [0.05, 0.1) is 0 Å². The molecule has 2 N–H and O–H groups in total. The third kappa shape index (κ3) is 1.78. The fraction of sp³-hybridized carbons (Fsp3) is 0.429. The van der Waals surface area contributed by atoms with Crippen LogP contribution in [0, 0.1) is 6.92 Å². The van der Waals surface area contributed by atoms with Crippen molar-refractivity contribution in [3.63, 3.8) is 0 Å². The maximum absolute atomic E-state index is 5.69. The quantitative estimate of drug-likeness (QED) is 0.835. The van der Waals surface area contributed by atoms with Gasteiger partial charge in [-0.2, -0.15) is 4.98 Å². The number of nitrogens with two attached hydrogens (primary N) is 1. The van der Waals surface area contributed by atoms with Crippen molar-refractivity contribution >= 4 is 5.95 Å². The average Bonchev–Trinajstić information content (AvgIpc) is 2.71. The molecule has 0 saturated heterocycles. The Kier molecular flexibility index (Phi) is 2.58. The van der Waals surface area contributed by atoms with Crippen LogP contribution < -0.4 is 5.73 Å². The van der Waals surface area contributed by atoms with Gasteiger partial charge in [-0.3, -0.25) is 0 Å². The zero-order chi connectivity index (χ0) is 12.7. The molecule has 2 aromatic rings. The molecule has 3 rings (SSSR count). The molecular weight excluding hydrogens is 224 g/mol. The van der Waals surface area contributed by atoms with Gasteiger partial charge in [-0.1, -0.05) is 31.2 Å². The number of hydrogen-bond donors (Lipinski definition) is 1. The maximum atomic E-state index is 5.69. The van der Waals surface area contributed by atoms with E-state index in [1.165, 1.54) is 11.1 Å². The highest BCUT2D eigenvalue weighted by Crippen LogP contribution is 2.36. The Labute approximate surface area is 107 Å². The fourth-order valence-electron chi connectivity index (χ4n) is 2.96. The average molecular weight is 242 g/mol. The lowest BCUT2D eigenvalue weighted by Crippen LogP contribution is -2.23. The van der Waals surface area contributed by atoms with Crippen LogP contribution in [-0.4, -0.2) is 14.8 Å². The van der Waals surface area contributed by atoms with Crippen molar-refractivity contribution in [3.8, 4) is 0 Å². The highest BCUT2D eigenvalue weighted by atomic mass is 15.4. The fourth-order valence-corrected chi connectivity index (χ4v) is 2.96. The van der Waals surface area contributed by atoms with E-state index in [1.807, 2.05) is 4.68 Å². The minimum Gasteiger partial charge on any atom is -0.366 e. The zero-order valence-corrected chi connectivity index (χ0v) is 10.8. The van der Waals surface area contributed by atoms with E-state index in [0.717, 1.165) is 18.8 Å². The topological polar surface area (TPSA) is 56.7 Å². The first-order valence-corrected chi connectivity index (χ1v) is 6.41. The van der Waals surface area contributed by atoms with Crippen molar-refractivity contribution in [2.24, 2.45) is 0 Å². The summed E-state index contributed by atoms with van der Waals surface area (Å²) in [6.45, 7) is 5.25. The van der Waals surface area contributed by atoms with E-state index in [4.69, 9.17) is 5.73 Å². The van der Waals surface area contributed by atoms with Crippen LogP contribution in [0.4, 0.5) is 5.95 Å². The summed E-state index contributed by atoms with van der Waals surface area (Å²) in [6.07, 6.45) is 1.11. The molecule has 2 heterocycles. The number of aryl methyl sites for hydroxylation is 1. The van der Waals surface area contributed by atoms with E-state index in [-0.39, 0.29) is 0 Å². The van der Waals surface area contributed by atoms with Gasteiger partial charge in [-0.25, -0.2) is 4.68 Å². The molecular formula is C14H18N4. The molecule has 0 fully saturated rings. The summed E-state index contributed by atoms with van der Waals surface area (Å²) in [4.78, 5) is 4.31. The Morgan fingerprint density at radius 1 is 1.33 bits per heavy atom. The van der Waals surface area contributed by atoms with Crippen LogP contribution in [0.25, 0.3) is 0 Å². The van der Waals surface area contributed by atoms with Crippen LogP contribution in [0.5, 0.6) is 0 Å². The van der Waals surface area contributed by atoms with Gasteiger partial charge >= 0.3 is 0 Å². The van der Waals surface area contributed by atoms with Crippen molar-refractivity contribution in [2.75, 3.05) is 5.73 Å². The normalized spacial score (nSPS) is 22.8. The smallest absolute Gasteiger partial charge is 0.239 e. The van der Waals surface area contributed by atoms with E-state index in [9.17, 15) is 0 Å². The van der Waals surface area contributed by atoms with Gasteiger partial charge in [0.15, 0.2) is 0 Å². The van der Waals surface area contributed by atoms with Gasteiger partial charge in [0.25, 0.3) is 0 Å². The molecule has 4 nitrogen and oxygen atoms in total. The minimum absolute atomic E-state index is 0.391. The van der Waals surface area contributed by atoms with Crippen LogP contribution in [0.15, 0.2) is 24.3 Å². The standard InChI is InChI=1S/C14H18N4/c1-9-5-3-4-6-12(9)11-7-10(2)13-16-14(15)17-18(13)8-11/h3-6,10-11H,7-8H2,1-2H3,(H2,15,17). The monoisotopic (exact) mass is 242 g/mol. The van der Waals surface area contributed by atoms with Gasteiger partial charge in [-0.15, -0.1) is 5.10 Å². The molecule has 4 heteroatoms. The first-order chi connectivity index (χ1) is 8.65. The van der Waals surface area contributed by atoms with Gasteiger partial charge < -0.3 is 5.73 Å². The van der Waals surface area contributed by atoms with Crippen LogP contribution in [0.1, 0.15) is 42.1 Å². The second-order valence-electron chi connectivity index (χ2n) is 5.20. The Hall–Kier alpha value is -1.84. The Balaban J connectivity index is 1.97. The number of benzene rings is 1. The number of anilines is 1. The summed E-state index contributed by atoms with van der Waals surface area (Å²) >= 11 is 0. The lowest BCUT2D eigenvalue weighted by molar-refractivity contribution is 0.382. The Morgan fingerprint density at radius 2 is 2.11 bits per heavy atom. The summed E-state index contributed by atoms with van der Waals surface area (Å²) in [5.41, 5.74) is 8.46. The van der Waals surface area contributed by atoms with E-state index in [0.29, 0.717) is 17.8 Å². The van der Waals surface area contributed by atoms with E-state index in [1.54, 1.807) is 0 Å². The first-order valence-electron chi connectivity index (χ1n) is 6.41. The predicted molar refractivity (Wildman–Crippen MR) is 71.4 cm³/mol. The second kappa shape index (κ2) is 4.12. The number of rotatable bonds is 1. The molecule has 0 amide bonds.